The van der Waals surface area contributed by atoms with E-state index in [9.17, 15) is 24.0 Å². The maximum atomic E-state index is 12.4. The Hall–Kier alpha value is -11.5. The zero-order valence-electron chi connectivity index (χ0n) is 60.9. The van der Waals surface area contributed by atoms with Gasteiger partial charge < -0.3 is 53.6 Å². The standard InChI is InChI=1S/C20H20N2O2.C20H22N2O.C12H16O3.C12H14O3.C11H14O3.C9H10O2/c1-14(17-7-3-4-8-19(17)24-2)12-20(23)22-16-9-10-18-15(13-16)6-5-11-21-18;1-15(18-7-3-4-8-20(18)23-2)11-13-21-17-9-10-19-16(14-17)6-5-12-22-19;2*1-9(8-12(13)15-3)10-6-4-5-7-11(10)14-2;1-8(7-11(12)13)9-5-3-4-6-10(9)14-2;1-7(10)8-5-3-4-6-9(8)11-2/h3-11,13-14H,12H2,1-2H3,(H,22,23);3-10,12,14-15,21H,11,13H2,1-2H3;4-7,9H,8H2,1-3H3;4-8H,1-3H3;3-6,8H,7H2,1-2H3,(H,12,13);3-6H,1-2H3/b;;;9-8+;;. The van der Waals surface area contributed by atoms with Crippen LogP contribution in [0.3, 0.4) is 0 Å². The maximum absolute atomic E-state index is 12.4. The van der Waals surface area contributed by atoms with Gasteiger partial charge >= 0.3 is 17.9 Å². The second kappa shape index (κ2) is 43.8. The molecule has 18 nitrogen and oxygen atoms in total. The number of carboxylic acid groups (broad SMARTS) is 1. The smallest absolute Gasteiger partial charge is 0.330 e. The molecule has 102 heavy (non-hydrogen) atoms. The molecule has 1 amide bonds. The summed E-state index contributed by atoms with van der Waals surface area (Å²) in [6.07, 6.45) is 6.96. The van der Waals surface area contributed by atoms with Crippen molar-refractivity contribution < 1.29 is 67.0 Å². The van der Waals surface area contributed by atoms with Crippen molar-refractivity contribution in [3.63, 3.8) is 0 Å². The van der Waals surface area contributed by atoms with Crippen molar-refractivity contribution in [1.82, 2.24) is 9.97 Å². The molecule has 536 valence electrons. The lowest BCUT2D eigenvalue weighted by Crippen LogP contribution is -2.14. The molecule has 0 aliphatic rings. The molecular weight excluding hydrogens is 1290 g/mol. The number of amides is 1. The maximum Gasteiger partial charge on any atom is 0.330 e. The summed E-state index contributed by atoms with van der Waals surface area (Å²) in [4.78, 5) is 64.7. The second-order valence-electron chi connectivity index (χ2n) is 23.5. The van der Waals surface area contributed by atoms with Gasteiger partial charge in [-0.15, -0.1) is 0 Å². The molecule has 2 heterocycles. The third-order valence-electron chi connectivity index (χ3n) is 16.3. The molecule has 4 atom stereocenters. The number of carbonyl (C=O) groups is 5. The average Bonchev–Trinajstić information content (AvgIpc) is 0.853. The summed E-state index contributed by atoms with van der Waals surface area (Å²) in [5.74, 6) is 3.99. The van der Waals surface area contributed by atoms with Gasteiger partial charge in [0.25, 0.3) is 0 Å². The van der Waals surface area contributed by atoms with E-state index in [2.05, 4.69) is 73.4 Å². The number of hydrogen-bond acceptors (Lipinski definition) is 16. The Balaban J connectivity index is 0.000000225. The molecule has 3 N–H and O–H groups in total. The summed E-state index contributed by atoms with van der Waals surface area (Å²) in [6, 6.07) is 65.9. The van der Waals surface area contributed by atoms with Gasteiger partial charge in [-0.3, -0.25) is 29.1 Å². The number of hydrogen-bond donors (Lipinski definition) is 3. The highest BCUT2D eigenvalue weighted by atomic mass is 16.5. The number of methoxy groups -OCH3 is 8. The van der Waals surface area contributed by atoms with E-state index in [1.807, 2.05) is 192 Å². The third kappa shape index (κ3) is 26.3. The van der Waals surface area contributed by atoms with Crippen LogP contribution in [0.5, 0.6) is 34.5 Å². The monoisotopic (exact) mass is 1380 g/mol. The van der Waals surface area contributed by atoms with Crippen molar-refractivity contribution in [2.45, 2.75) is 90.9 Å². The average molecular weight is 1390 g/mol. The Morgan fingerprint density at radius 2 is 0.804 bits per heavy atom. The summed E-state index contributed by atoms with van der Waals surface area (Å²) in [7, 11) is 12.5. The minimum absolute atomic E-state index is 0.0170. The molecule has 4 unspecified atom stereocenters. The number of rotatable bonds is 24. The molecular formula is C84H96N4O14. The van der Waals surface area contributed by atoms with Crippen molar-refractivity contribution in [2.75, 3.05) is 74.1 Å². The molecule has 0 aliphatic heterocycles. The Morgan fingerprint density at radius 3 is 1.23 bits per heavy atom. The predicted octanol–water partition coefficient (Wildman–Crippen LogP) is 18.0. The van der Waals surface area contributed by atoms with Crippen molar-refractivity contribution in [3.8, 4) is 34.5 Å². The van der Waals surface area contributed by atoms with Crippen LogP contribution >= 0.6 is 0 Å². The highest BCUT2D eigenvalue weighted by molar-refractivity contribution is 5.97. The number of fused-ring (bicyclic) bond motifs is 2. The number of para-hydroxylation sites is 6. The topological polar surface area (TPSA) is 229 Å². The first-order valence-electron chi connectivity index (χ1n) is 33.3. The van der Waals surface area contributed by atoms with Gasteiger partial charge in [0.05, 0.1) is 86.3 Å². The number of aromatic nitrogens is 2. The Bertz CT molecular complexity index is 4310. The molecule has 10 rings (SSSR count). The Labute approximate surface area is 600 Å². The van der Waals surface area contributed by atoms with Gasteiger partial charge in [0, 0.05) is 59.1 Å². The summed E-state index contributed by atoms with van der Waals surface area (Å²) < 4.78 is 40.6. The minimum Gasteiger partial charge on any atom is -0.496 e. The molecule has 0 saturated carbocycles. The van der Waals surface area contributed by atoms with E-state index in [-0.39, 0.29) is 47.8 Å². The van der Waals surface area contributed by atoms with E-state index in [4.69, 9.17) is 33.5 Å². The number of pyridine rings is 2. The lowest BCUT2D eigenvalue weighted by molar-refractivity contribution is -0.141. The number of anilines is 2. The zero-order valence-corrected chi connectivity index (χ0v) is 60.9. The van der Waals surface area contributed by atoms with Crippen LogP contribution in [-0.2, 0) is 28.7 Å². The zero-order chi connectivity index (χ0) is 74.3. The SMILES string of the molecule is COC(=O)/C=C(\C)c1ccccc1OC.COC(=O)CC(C)c1ccccc1OC.COc1ccccc1C(C)=O.COc1ccccc1C(C)CC(=O)Nc1ccc2ncccc2c1.COc1ccccc1C(C)CC(=O)O.COc1ccccc1C(C)CCNc1ccc2ncccc2c1. The van der Waals surface area contributed by atoms with Gasteiger partial charge in [-0.2, -0.15) is 0 Å². The molecule has 0 aliphatic carbocycles. The van der Waals surface area contributed by atoms with Crippen molar-refractivity contribution in [1.29, 1.82) is 0 Å². The minimum atomic E-state index is -0.789. The first-order valence-corrected chi connectivity index (χ1v) is 33.3. The van der Waals surface area contributed by atoms with Gasteiger partial charge in [-0.1, -0.05) is 143 Å². The number of nitrogens with zero attached hydrogens (tertiary/aromatic N) is 2. The van der Waals surface area contributed by atoms with Crippen molar-refractivity contribution in [3.05, 3.63) is 258 Å². The molecule has 0 fully saturated rings. The number of ketones is 1. The largest absolute Gasteiger partial charge is 0.496 e. The number of benzene rings is 8. The molecule has 10 aromatic rings. The first-order chi connectivity index (χ1) is 49.2. The summed E-state index contributed by atoms with van der Waals surface area (Å²) in [5.41, 5.74) is 10.5. The molecule has 2 aromatic heterocycles. The third-order valence-corrected chi connectivity index (χ3v) is 16.3. The van der Waals surface area contributed by atoms with Gasteiger partial charge in [0.2, 0.25) is 5.91 Å². The van der Waals surface area contributed by atoms with Gasteiger partial charge in [0.1, 0.15) is 34.5 Å². The second-order valence-corrected chi connectivity index (χ2v) is 23.5. The van der Waals surface area contributed by atoms with Crippen LogP contribution < -0.4 is 39.1 Å². The summed E-state index contributed by atoms with van der Waals surface area (Å²) >= 11 is 0. The van der Waals surface area contributed by atoms with Crippen LogP contribution in [0.2, 0.25) is 0 Å². The number of nitrogens with one attached hydrogen (secondary N) is 2. The number of ether oxygens (including phenoxy) is 8. The molecule has 0 spiro atoms. The lowest BCUT2D eigenvalue weighted by Gasteiger charge is -2.16. The molecule has 8 aromatic carbocycles. The van der Waals surface area contributed by atoms with Crippen LogP contribution in [0, 0.1) is 0 Å². The fourth-order valence-corrected chi connectivity index (χ4v) is 10.9. The van der Waals surface area contributed by atoms with Crippen molar-refractivity contribution >= 4 is 68.4 Å². The van der Waals surface area contributed by atoms with E-state index in [1.165, 1.54) is 32.8 Å². The van der Waals surface area contributed by atoms with E-state index in [1.54, 1.807) is 61.0 Å². The van der Waals surface area contributed by atoms with Crippen LogP contribution in [0.1, 0.15) is 129 Å². The van der Waals surface area contributed by atoms with Gasteiger partial charge in [0.15, 0.2) is 5.78 Å². The van der Waals surface area contributed by atoms with Crippen LogP contribution in [-0.4, -0.2) is 108 Å². The van der Waals surface area contributed by atoms with E-state index < -0.39 is 5.97 Å². The van der Waals surface area contributed by atoms with Crippen LogP contribution in [0.15, 0.2) is 225 Å². The highest BCUT2D eigenvalue weighted by Gasteiger charge is 2.18. The highest BCUT2D eigenvalue weighted by Crippen LogP contribution is 2.33. The number of esters is 2. The number of carboxylic acids is 1. The summed E-state index contributed by atoms with van der Waals surface area (Å²) in [6.45, 7) is 12.4. The van der Waals surface area contributed by atoms with E-state index in [0.29, 0.717) is 30.1 Å². The van der Waals surface area contributed by atoms with Gasteiger partial charge in [-0.05, 0) is 163 Å². The van der Waals surface area contributed by atoms with Gasteiger partial charge in [-0.25, -0.2) is 4.79 Å². The molecule has 0 saturated heterocycles. The first kappa shape index (κ1) is 81.1. The van der Waals surface area contributed by atoms with E-state index in [0.717, 1.165) is 103 Å². The Morgan fingerprint density at radius 1 is 0.422 bits per heavy atom. The van der Waals surface area contributed by atoms with E-state index >= 15 is 0 Å². The molecule has 0 bridgehead atoms. The number of Topliss-reactive ketones (excluding diaryl/α,β-unsaturated/α-hetero) is 1. The fraction of sp³-hybridized carbons (Fsp3) is 0.274. The number of carbonyl (C=O) groups excluding carboxylic acids is 4. The summed E-state index contributed by atoms with van der Waals surface area (Å²) in [5, 5.41) is 17.3. The quantitative estimate of drug-likeness (QED) is 0.0290. The Kier molecular flexibility index (Phi) is 34.8. The fourth-order valence-electron chi connectivity index (χ4n) is 10.9. The number of allylic oxidation sites excluding steroid dienone is 1. The van der Waals surface area contributed by atoms with Crippen molar-refractivity contribution in [2.24, 2.45) is 0 Å². The predicted molar refractivity (Wildman–Crippen MR) is 406 cm³/mol. The van der Waals surface area contributed by atoms with Crippen LogP contribution in [0.4, 0.5) is 11.4 Å². The van der Waals surface area contributed by atoms with Crippen LogP contribution in [0.25, 0.3) is 27.4 Å². The molecule has 18 heteroatoms. The number of aliphatic carboxylic acids is 1. The lowest BCUT2D eigenvalue weighted by atomic mass is 9.96. The molecule has 0 radical (unpaired) electrons. The normalized spacial score (nSPS) is 11.6.